The first-order valence-corrected chi connectivity index (χ1v) is 11.0. The SMILES string of the molecule is CCOc1ccc(C(=O)NCc2ccccc2OC)cc1COc1cccc2ccccc12. The first-order chi connectivity index (χ1) is 16.2. The highest BCUT2D eigenvalue weighted by atomic mass is 16.5. The van der Waals surface area contributed by atoms with Crippen molar-refractivity contribution in [1.82, 2.24) is 5.32 Å². The van der Waals surface area contributed by atoms with Gasteiger partial charge in [-0.05, 0) is 42.6 Å². The van der Waals surface area contributed by atoms with Crippen LogP contribution in [0.5, 0.6) is 17.2 Å². The van der Waals surface area contributed by atoms with Crippen LogP contribution in [0.15, 0.2) is 84.9 Å². The van der Waals surface area contributed by atoms with Crippen LogP contribution in [0.25, 0.3) is 10.8 Å². The van der Waals surface area contributed by atoms with Crippen molar-refractivity contribution in [1.29, 1.82) is 0 Å². The van der Waals surface area contributed by atoms with Gasteiger partial charge in [0.05, 0.1) is 13.7 Å². The Kier molecular flexibility index (Phi) is 7.10. The number of carbonyl (C=O) groups excluding carboxylic acids is 1. The van der Waals surface area contributed by atoms with E-state index in [9.17, 15) is 4.79 Å². The molecule has 0 unspecified atom stereocenters. The highest BCUT2D eigenvalue weighted by molar-refractivity contribution is 5.94. The topological polar surface area (TPSA) is 56.8 Å². The van der Waals surface area contributed by atoms with E-state index in [1.807, 2.05) is 73.7 Å². The van der Waals surface area contributed by atoms with Crippen molar-refractivity contribution in [2.45, 2.75) is 20.1 Å². The van der Waals surface area contributed by atoms with Gasteiger partial charge < -0.3 is 19.5 Å². The number of rotatable bonds is 9. The van der Waals surface area contributed by atoms with E-state index >= 15 is 0 Å². The van der Waals surface area contributed by atoms with Gasteiger partial charge in [-0.15, -0.1) is 0 Å². The molecule has 5 nitrogen and oxygen atoms in total. The predicted octanol–water partition coefficient (Wildman–Crippen LogP) is 5.76. The molecule has 168 valence electrons. The number of nitrogens with one attached hydrogen (secondary N) is 1. The van der Waals surface area contributed by atoms with Crippen molar-refractivity contribution in [2.24, 2.45) is 0 Å². The van der Waals surface area contributed by atoms with Crippen LogP contribution in [-0.2, 0) is 13.2 Å². The average molecular weight is 442 g/mol. The quantitative estimate of drug-likeness (QED) is 0.359. The van der Waals surface area contributed by atoms with Crippen molar-refractivity contribution in [3.8, 4) is 17.2 Å². The van der Waals surface area contributed by atoms with Crippen molar-refractivity contribution >= 4 is 16.7 Å². The minimum absolute atomic E-state index is 0.171. The Hall–Kier alpha value is -3.99. The van der Waals surface area contributed by atoms with E-state index in [4.69, 9.17) is 14.2 Å². The summed E-state index contributed by atoms with van der Waals surface area (Å²) in [6, 6.07) is 27.1. The normalized spacial score (nSPS) is 10.6. The zero-order valence-electron chi connectivity index (χ0n) is 18.8. The zero-order chi connectivity index (χ0) is 23.0. The zero-order valence-corrected chi connectivity index (χ0v) is 18.8. The predicted molar refractivity (Wildman–Crippen MR) is 130 cm³/mol. The van der Waals surface area contributed by atoms with E-state index in [0.717, 1.165) is 33.4 Å². The molecule has 4 aromatic carbocycles. The van der Waals surface area contributed by atoms with Crippen LogP contribution in [-0.4, -0.2) is 19.6 Å². The van der Waals surface area contributed by atoms with Crippen LogP contribution in [0.2, 0.25) is 0 Å². The van der Waals surface area contributed by atoms with E-state index in [-0.39, 0.29) is 12.5 Å². The Morgan fingerprint density at radius 3 is 2.39 bits per heavy atom. The summed E-state index contributed by atoms with van der Waals surface area (Å²) in [5.74, 6) is 2.07. The fourth-order valence-corrected chi connectivity index (χ4v) is 3.73. The monoisotopic (exact) mass is 441 g/mol. The molecule has 1 amide bonds. The smallest absolute Gasteiger partial charge is 0.251 e. The summed E-state index contributed by atoms with van der Waals surface area (Å²) in [5, 5.41) is 5.13. The number of para-hydroxylation sites is 1. The third-order valence-electron chi connectivity index (χ3n) is 5.39. The highest BCUT2D eigenvalue weighted by Gasteiger charge is 2.13. The van der Waals surface area contributed by atoms with Crippen LogP contribution in [0.1, 0.15) is 28.4 Å². The maximum absolute atomic E-state index is 12.9. The first-order valence-electron chi connectivity index (χ1n) is 11.0. The molecule has 5 heteroatoms. The Labute approximate surface area is 193 Å². The molecule has 0 saturated carbocycles. The number of ether oxygens (including phenoxy) is 3. The first kappa shape index (κ1) is 22.2. The van der Waals surface area contributed by atoms with Crippen LogP contribution in [0.4, 0.5) is 0 Å². The van der Waals surface area contributed by atoms with Gasteiger partial charge in [0, 0.05) is 28.6 Å². The minimum Gasteiger partial charge on any atom is -0.496 e. The standard InChI is InChI=1S/C28H27NO4/c1-3-32-26-16-15-21(28(30)29-18-22-10-5-7-13-25(22)31-2)17-23(26)19-33-27-14-8-11-20-9-4-6-12-24(20)27/h4-17H,3,18-19H2,1-2H3,(H,29,30). The molecule has 0 fully saturated rings. The number of fused-ring (bicyclic) bond motifs is 1. The molecule has 0 heterocycles. The summed E-state index contributed by atoms with van der Waals surface area (Å²) >= 11 is 0. The van der Waals surface area contributed by atoms with Crippen LogP contribution >= 0.6 is 0 Å². The van der Waals surface area contributed by atoms with Crippen LogP contribution < -0.4 is 19.5 Å². The molecule has 0 spiro atoms. The van der Waals surface area contributed by atoms with Gasteiger partial charge in [0.25, 0.3) is 5.91 Å². The molecule has 0 aliphatic rings. The maximum atomic E-state index is 12.9. The van der Waals surface area contributed by atoms with Crippen molar-refractivity contribution in [3.05, 3.63) is 102 Å². The molecule has 1 N–H and O–H groups in total. The fourth-order valence-electron chi connectivity index (χ4n) is 3.73. The van der Waals surface area contributed by atoms with Gasteiger partial charge in [-0.2, -0.15) is 0 Å². The summed E-state index contributed by atoms with van der Waals surface area (Å²) in [7, 11) is 1.62. The number of methoxy groups -OCH3 is 1. The largest absolute Gasteiger partial charge is 0.496 e. The molecule has 4 aromatic rings. The third-order valence-corrected chi connectivity index (χ3v) is 5.39. The second kappa shape index (κ2) is 10.6. The number of hydrogen-bond acceptors (Lipinski definition) is 4. The number of hydrogen-bond donors (Lipinski definition) is 1. The summed E-state index contributed by atoms with van der Waals surface area (Å²) < 4.78 is 17.3. The third kappa shape index (κ3) is 5.26. The van der Waals surface area contributed by atoms with Gasteiger partial charge in [0.15, 0.2) is 0 Å². The Morgan fingerprint density at radius 1 is 0.788 bits per heavy atom. The van der Waals surface area contributed by atoms with Crippen LogP contribution in [0, 0.1) is 0 Å². The van der Waals surface area contributed by atoms with Gasteiger partial charge in [-0.3, -0.25) is 4.79 Å². The fraction of sp³-hybridized carbons (Fsp3) is 0.179. The van der Waals surface area contributed by atoms with Gasteiger partial charge >= 0.3 is 0 Å². The molecule has 0 atom stereocenters. The van der Waals surface area contributed by atoms with E-state index in [2.05, 4.69) is 17.4 Å². The maximum Gasteiger partial charge on any atom is 0.251 e. The molecule has 0 aliphatic heterocycles. The molecule has 4 rings (SSSR count). The van der Waals surface area contributed by atoms with Crippen molar-refractivity contribution in [3.63, 3.8) is 0 Å². The number of amides is 1. The second-order valence-electron chi connectivity index (χ2n) is 7.52. The number of benzene rings is 4. The molecule has 0 saturated heterocycles. The highest BCUT2D eigenvalue weighted by Crippen LogP contribution is 2.28. The van der Waals surface area contributed by atoms with Gasteiger partial charge in [0.1, 0.15) is 23.9 Å². The summed E-state index contributed by atoms with van der Waals surface area (Å²) in [5.41, 5.74) is 2.28. The molecule has 0 radical (unpaired) electrons. The van der Waals surface area contributed by atoms with E-state index in [1.165, 1.54) is 0 Å². The average Bonchev–Trinajstić information content (AvgIpc) is 2.87. The van der Waals surface area contributed by atoms with E-state index in [1.54, 1.807) is 13.2 Å². The van der Waals surface area contributed by atoms with Gasteiger partial charge in [-0.25, -0.2) is 0 Å². The Morgan fingerprint density at radius 2 is 1.55 bits per heavy atom. The lowest BCUT2D eigenvalue weighted by molar-refractivity contribution is 0.0950. The molecular weight excluding hydrogens is 414 g/mol. The van der Waals surface area contributed by atoms with Crippen molar-refractivity contribution < 1.29 is 19.0 Å². The van der Waals surface area contributed by atoms with E-state index in [0.29, 0.717) is 24.5 Å². The van der Waals surface area contributed by atoms with Crippen molar-refractivity contribution in [2.75, 3.05) is 13.7 Å². The summed E-state index contributed by atoms with van der Waals surface area (Å²) in [6.45, 7) is 3.12. The summed E-state index contributed by atoms with van der Waals surface area (Å²) in [4.78, 5) is 12.9. The lowest BCUT2D eigenvalue weighted by Gasteiger charge is -2.15. The second-order valence-corrected chi connectivity index (χ2v) is 7.52. The molecule has 0 aliphatic carbocycles. The number of carbonyl (C=O) groups is 1. The minimum atomic E-state index is -0.171. The lowest BCUT2D eigenvalue weighted by atomic mass is 10.1. The van der Waals surface area contributed by atoms with Gasteiger partial charge in [-0.1, -0.05) is 54.6 Å². The van der Waals surface area contributed by atoms with E-state index < -0.39 is 0 Å². The summed E-state index contributed by atoms with van der Waals surface area (Å²) in [6.07, 6.45) is 0. The van der Waals surface area contributed by atoms with Crippen LogP contribution in [0.3, 0.4) is 0 Å². The molecule has 33 heavy (non-hydrogen) atoms. The molecule has 0 bridgehead atoms. The Balaban J connectivity index is 1.52. The molecule has 0 aromatic heterocycles. The van der Waals surface area contributed by atoms with Gasteiger partial charge in [0.2, 0.25) is 0 Å². The Bertz CT molecular complexity index is 1250. The molecular formula is C28H27NO4. The lowest BCUT2D eigenvalue weighted by Crippen LogP contribution is -2.23.